The molecule has 2 fully saturated rings. The van der Waals surface area contributed by atoms with Gasteiger partial charge < -0.3 is 29.2 Å². The van der Waals surface area contributed by atoms with E-state index in [0.29, 0.717) is 62.4 Å². The van der Waals surface area contributed by atoms with Crippen LogP contribution in [0.25, 0.3) is 15.6 Å². The largest absolute Gasteiger partial charge is 0.463 e. The molecular weight excluding hydrogens is 612 g/mol. The summed E-state index contributed by atoms with van der Waals surface area (Å²) in [6, 6.07) is 9.10. The van der Waals surface area contributed by atoms with Crippen LogP contribution in [0, 0.1) is 18.3 Å². The topological polar surface area (TPSA) is 69.4 Å². The predicted molar refractivity (Wildman–Crippen MR) is 175 cm³/mol. The second-order valence-corrected chi connectivity index (χ2v) is 12.9. The molecule has 46 heavy (non-hydrogen) atoms. The van der Waals surface area contributed by atoms with Crippen molar-refractivity contribution in [3.8, 4) is 6.01 Å². The van der Waals surface area contributed by atoms with Crippen LogP contribution in [0.4, 0.5) is 20.3 Å². The van der Waals surface area contributed by atoms with Crippen molar-refractivity contribution < 1.29 is 18.3 Å². The monoisotopic (exact) mass is 649 g/mol. The number of amides is 1. The zero-order valence-corrected chi connectivity index (χ0v) is 26.9. The normalized spacial score (nSPS) is 21.4. The highest BCUT2D eigenvalue weighted by molar-refractivity contribution is 6.36. The second-order valence-electron chi connectivity index (χ2n) is 12.5. The van der Waals surface area contributed by atoms with Crippen molar-refractivity contribution in [1.82, 2.24) is 19.8 Å². The van der Waals surface area contributed by atoms with Gasteiger partial charge in [-0.05, 0) is 50.9 Å². The van der Waals surface area contributed by atoms with Crippen LogP contribution in [-0.4, -0.2) is 91.2 Å². The Morgan fingerprint density at radius 1 is 1.17 bits per heavy atom. The SMILES string of the molecule is [C-]#[N+]CC1CN(c2nc(OC[C@H]3CCC[C@@H]3N(C)C)nc3c2CCN(c2cccc4ccc(F)c(Cl)c24)C3)CCN1C(=O)C(=C)F. The van der Waals surface area contributed by atoms with E-state index in [9.17, 15) is 13.6 Å². The number of nitrogens with zero attached hydrogens (tertiary/aromatic N) is 7. The van der Waals surface area contributed by atoms with Gasteiger partial charge in [0.25, 0.3) is 5.91 Å². The maximum Gasteiger partial charge on any atom is 0.318 e. The lowest BCUT2D eigenvalue weighted by molar-refractivity contribution is -0.131. The summed E-state index contributed by atoms with van der Waals surface area (Å²) in [7, 11) is 4.19. The minimum atomic E-state index is -1.03. The van der Waals surface area contributed by atoms with Gasteiger partial charge in [-0.3, -0.25) is 4.79 Å². The molecule has 12 heteroatoms. The molecule has 242 valence electrons. The number of piperazine rings is 1. The molecule has 1 aromatic heterocycles. The van der Waals surface area contributed by atoms with Crippen LogP contribution < -0.4 is 14.5 Å². The van der Waals surface area contributed by atoms with E-state index in [1.807, 2.05) is 18.2 Å². The van der Waals surface area contributed by atoms with Crippen LogP contribution >= 0.6 is 11.6 Å². The van der Waals surface area contributed by atoms with Gasteiger partial charge in [-0.25, -0.2) is 15.4 Å². The molecule has 2 aromatic carbocycles. The standard InChI is InChI=1S/C34H38ClF2N7O2/c1-21(36)33(45)44-16-15-43(18-24(44)17-38-2)32-25-13-14-42(29-10-5-7-22-11-12-26(37)31(35)30(22)29)19-27(25)39-34(40-32)46-20-23-8-6-9-28(23)41(3)4/h5,7,10-12,23-24,28H,1,6,8-9,13-20H2,3-4H3/t23-,24?,28+/m1/s1. The number of hydrogen-bond donors (Lipinski definition) is 0. The number of aromatic nitrogens is 2. The molecule has 9 nitrogen and oxygen atoms in total. The Bertz CT molecular complexity index is 1700. The van der Waals surface area contributed by atoms with E-state index < -0.39 is 23.6 Å². The molecule has 2 aliphatic heterocycles. The smallest absolute Gasteiger partial charge is 0.318 e. The van der Waals surface area contributed by atoms with Crippen LogP contribution in [0.1, 0.15) is 30.5 Å². The molecule has 0 spiro atoms. The third-order valence-electron chi connectivity index (χ3n) is 9.56. The fraction of sp³-hybridized carbons (Fsp3) is 0.471. The van der Waals surface area contributed by atoms with Gasteiger partial charge >= 0.3 is 6.01 Å². The van der Waals surface area contributed by atoms with Crippen molar-refractivity contribution in [3.05, 3.63) is 76.3 Å². The van der Waals surface area contributed by atoms with E-state index in [-0.39, 0.29) is 24.1 Å². The Kier molecular flexibility index (Phi) is 9.29. The van der Waals surface area contributed by atoms with Crippen LogP contribution in [0.5, 0.6) is 6.01 Å². The molecule has 0 radical (unpaired) electrons. The molecule has 3 heterocycles. The number of hydrogen-bond acceptors (Lipinski definition) is 7. The van der Waals surface area contributed by atoms with Gasteiger partial charge in [-0.2, -0.15) is 9.97 Å². The lowest BCUT2D eigenvalue weighted by Crippen LogP contribution is -2.57. The summed E-state index contributed by atoms with van der Waals surface area (Å²) in [6.45, 7) is 13.2. The molecule has 0 N–H and O–H groups in total. The number of rotatable bonds is 8. The first-order valence-corrected chi connectivity index (χ1v) is 16.1. The minimum Gasteiger partial charge on any atom is -0.463 e. The van der Waals surface area contributed by atoms with Crippen molar-refractivity contribution in [2.75, 3.05) is 63.2 Å². The number of carbonyl (C=O) groups excluding carboxylic acids is 1. The fourth-order valence-corrected chi connectivity index (χ4v) is 7.55. The third kappa shape index (κ3) is 6.20. The van der Waals surface area contributed by atoms with Gasteiger partial charge in [0.2, 0.25) is 6.54 Å². The molecule has 1 aliphatic carbocycles. The van der Waals surface area contributed by atoms with E-state index in [1.54, 1.807) is 6.07 Å². The second kappa shape index (κ2) is 13.4. The van der Waals surface area contributed by atoms with Gasteiger partial charge in [0.05, 0.1) is 23.9 Å². The van der Waals surface area contributed by atoms with Crippen LogP contribution in [0.2, 0.25) is 5.02 Å². The molecule has 1 unspecified atom stereocenters. The Balaban J connectivity index is 1.35. The van der Waals surface area contributed by atoms with Gasteiger partial charge in [0.1, 0.15) is 17.7 Å². The molecule has 1 amide bonds. The average molecular weight is 650 g/mol. The van der Waals surface area contributed by atoms with Gasteiger partial charge in [0, 0.05) is 54.8 Å². The fourth-order valence-electron chi connectivity index (χ4n) is 7.28. The summed E-state index contributed by atoms with van der Waals surface area (Å²) >= 11 is 6.50. The highest BCUT2D eigenvalue weighted by Gasteiger charge is 2.37. The first kappa shape index (κ1) is 32.0. The molecule has 6 rings (SSSR count). The lowest BCUT2D eigenvalue weighted by atomic mass is 10.0. The summed E-state index contributed by atoms with van der Waals surface area (Å²) in [4.78, 5) is 33.8. The summed E-state index contributed by atoms with van der Waals surface area (Å²) in [5.41, 5.74) is 2.58. The quantitative estimate of drug-likeness (QED) is 0.235. The van der Waals surface area contributed by atoms with Crippen molar-refractivity contribution in [1.29, 1.82) is 0 Å². The summed E-state index contributed by atoms with van der Waals surface area (Å²) < 4.78 is 34.8. The van der Waals surface area contributed by atoms with E-state index in [4.69, 9.17) is 32.9 Å². The number of carbonyl (C=O) groups is 1. The molecule has 1 saturated heterocycles. The molecule has 3 aromatic rings. The minimum absolute atomic E-state index is 0.0337. The molecular formula is C34H38ClF2N7O2. The van der Waals surface area contributed by atoms with Gasteiger partial charge in [-0.15, -0.1) is 0 Å². The zero-order chi connectivity index (χ0) is 32.5. The van der Waals surface area contributed by atoms with Gasteiger partial charge in [-0.1, -0.05) is 42.8 Å². The maximum absolute atomic E-state index is 14.6. The first-order valence-electron chi connectivity index (χ1n) is 15.7. The molecule has 3 aliphatic rings. The van der Waals surface area contributed by atoms with Crippen LogP contribution in [0.15, 0.2) is 42.7 Å². The van der Waals surface area contributed by atoms with Gasteiger partial charge in [0.15, 0.2) is 5.83 Å². The highest BCUT2D eigenvalue weighted by Crippen LogP contribution is 2.38. The molecule has 3 atom stereocenters. The van der Waals surface area contributed by atoms with Crippen LogP contribution in [0.3, 0.4) is 0 Å². The van der Waals surface area contributed by atoms with E-state index in [1.165, 1.54) is 11.0 Å². The highest BCUT2D eigenvalue weighted by atomic mass is 35.5. The Hall–Kier alpha value is -4.01. The summed E-state index contributed by atoms with van der Waals surface area (Å²) in [5, 5.41) is 1.60. The van der Waals surface area contributed by atoms with E-state index in [0.717, 1.165) is 41.6 Å². The Labute approximate surface area is 273 Å². The summed E-state index contributed by atoms with van der Waals surface area (Å²) in [5.74, 6) is -1.22. The summed E-state index contributed by atoms with van der Waals surface area (Å²) in [6.07, 6.45) is 3.94. The number of fused-ring (bicyclic) bond motifs is 2. The Morgan fingerprint density at radius 2 is 2.00 bits per heavy atom. The molecule has 1 saturated carbocycles. The number of benzene rings is 2. The molecule has 0 bridgehead atoms. The predicted octanol–water partition coefficient (Wildman–Crippen LogP) is 5.51. The van der Waals surface area contributed by atoms with E-state index in [2.05, 4.69) is 40.2 Å². The number of halogens is 3. The van der Waals surface area contributed by atoms with Crippen molar-refractivity contribution in [2.45, 2.75) is 44.3 Å². The third-order valence-corrected chi connectivity index (χ3v) is 9.93. The lowest BCUT2D eigenvalue weighted by Gasteiger charge is -2.41. The average Bonchev–Trinajstić information content (AvgIpc) is 3.53. The Morgan fingerprint density at radius 3 is 2.76 bits per heavy atom. The number of ether oxygens (including phenoxy) is 1. The first-order chi connectivity index (χ1) is 22.2. The van der Waals surface area contributed by atoms with Crippen molar-refractivity contribution in [2.24, 2.45) is 5.92 Å². The number of anilines is 2. The van der Waals surface area contributed by atoms with E-state index >= 15 is 0 Å². The van der Waals surface area contributed by atoms with Crippen molar-refractivity contribution >= 4 is 39.8 Å². The van der Waals surface area contributed by atoms with Crippen LogP contribution in [-0.2, 0) is 17.8 Å². The van der Waals surface area contributed by atoms with Crippen molar-refractivity contribution in [3.63, 3.8) is 0 Å². The zero-order valence-electron chi connectivity index (χ0n) is 26.2. The maximum atomic E-state index is 14.6.